The fourth-order valence-electron chi connectivity index (χ4n) is 2.42. The van der Waals surface area contributed by atoms with Gasteiger partial charge in [0.1, 0.15) is 0 Å². The monoisotopic (exact) mass is 275 g/mol. The fourth-order valence-corrected chi connectivity index (χ4v) is 2.42. The lowest BCUT2D eigenvalue weighted by atomic mass is 10.2. The van der Waals surface area contributed by atoms with Gasteiger partial charge in [-0.05, 0) is 37.0 Å². The molecule has 1 aromatic carbocycles. The van der Waals surface area contributed by atoms with Gasteiger partial charge in [0.15, 0.2) is 0 Å². The Morgan fingerprint density at radius 3 is 2.80 bits per heavy atom. The highest BCUT2D eigenvalue weighted by atomic mass is 16.1. The van der Waals surface area contributed by atoms with Crippen molar-refractivity contribution >= 4 is 17.3 Å². The topological polar surface area (TPSA) is 58.4 Å². The van der Waals surface area contributed by atoms with Gasteiger partial charge in [0.25, 0.3) is 0 Å². The van der Waals surface area contributed by atoms with E-state index in [4.69, 9.17) is 5.73 Å². The van der Waals surface area contributed by atoms with Crippen LogP contribution in [0.4, 0.5) is 11.4 Å². The summed E-state index contributed by atoms with van der Waals surface area (Å²) >= 11 is 0. The highest BCUT2D eigenvalue weighted by Gasteiger charge is 2.29. The second kappa shape index (κ2) is 6.75. The van der Waals surface area contributed by atoms with Gasteiger partial charge in [-0.2, -0.15) is 0 Å². The highest BCUT2D eigenvalue weighted by molar-refractivity contribution is 5.91. The number of hydrogen-bond acceptors (Lipinski definition) is 3. The van der Waals surface area contributed by atoms with Gasteiger partial charge in [-0.15, -0.1) is 0 Å². The standard InChI is InChI=1S/C16H25N3O/c1-12(2)11-19(15-6-7-15)9-8-16(20)18-14-5-3-4-13(17)10-14/h3-5,10,12,15H,6-9,11,17H2,1-2H3,(H,18,20). The minimum Gasteiger partial charge on any atom is -0.399 e. The van der Waals surface area contributed by atoms with Gasteiger partial charge < -0.3 is 11.1 Å². The van der Waals surface area contributed by atoms with Crippen molar-refractivity contribution in [3.8, 4) is 0 Å². The SMILES string of the molecule is CC(C)CN(CCC(=O)Nc1cccc(N)c1)C1CC1. The lowest BCUT2D eigenvalue weighted by molar-refractivity contribution is -0.116. The molecule has 0 radical (unpaired) electrons. The molecular formula is C16H25N3O. The first-order valence-electron chi connectivity index (χ1n) is 7.44. The smallest absolute Gasteiger partial charge is 0.225 e. The number of carbonyl (C=O) groups is 1. The average molecular weight is 275 g/mol. The molecule has 1 aliphatic rings. The third kappa shape index (κ3) is 4.85. The molecule has 4 nitrogen and oxygen atoms in total. The second-order valence-corrected chi connectivity index (χ2v) is 6.04. The molecule has 0 bridgehead atoms. The van der Waals surface area contributed by atoms with Crippen LogP contribution in [-0.2, 0) is 4.79 Å². The number of hydrogen-bond donors (Lipinski definition) is 2. The van der Waals surface area contributed by atoms with Gasteiger partial charge in [0.05, 0.1) is 0 Å². The van der Waals surface area contributed by atoms with Crippen molar-refractivity contribution in [3.63, 3.8) is 0 Å². The molecule has 0 spiro atoms. The van der Waals surface area contributed by atoms with Crippen molar-refractivity contribution in [1.82, 2.24) is 4.90 Å². The molecule has 0 aliphatic heterocycles. The molecule has 0 atom stereocenters. The third-order valence-electron chi connectivity index (χ3n) is 3.46. The van der Waals surface area contributed by atoms with E-state index in [0.29, 0.717) is 24.1 Å². The molecule has 2 rings (SSSR count). The maximum absolute atomic E-state index is 12.0. The largest absolute Gasteiger partial charge is 0.399 e. The van der Waals surface area contributed by atoms with Crippen molar-refractivity contribution in [2.75, 3.05) is 24.1 Å². The van der Waals surface area contributed by atoms with E-state index in [1.54, 1.807) is 6.07 Å². The van der Waals surface area contributed by atoms with Gasteiger partial charge in [-0.1, -0.05) is 19.9 Å². The summed E-state index contributed by atoms with van der Waals surface area (Å²) in [6.45, 7) is 6.37. The summed E-state index contributed by atoms with van der Waals surface area (Å²) < 4.78 is 0. The molecule has 1 amide bonds. The van der Waals surface area contributed by atoms with Gasteiger partial charge in [0, 0.05) is 36.9 Å². The summed E-state index contributed by atoms with van der Waals surface area (Å²) in [5.41, 5.74) is 7.14. The summed E-state index contributed by atoms with van der Waals surface area (Å²) in [5.74, 6) is 0.706. The molecule has 4 heteroatoms. The molecular weight excluding hydrogens is 250 g/mol. The maximum Gasteiger partial charge on any atom is 0.225 e. The third-order valence-corrected chi connectivity index (χ3v) is 3.46. The summed E-state index contributed by atoms with van der Waals surface area (Å²) in [7, 11) is 0. The van der Waals surface area contributed by atoms with E-state index >= 15 is 0 Å². The number of amides is 1. The molecule has 1 fully saturated rings. The van der Waals surface area contributed by atoms with Crippen molar-refractivity contribution < 1.29 is 4.79 Å². The zero-order chi connectivity index (χ0) is 14.5. The van der Waals surface area contributed by atoms with Crippen LogP contribution in [0.2, 0.25) is 0 Å². The molecule has 1 aliphatic carbocycles. The van der Waals surface area contributed by atoms with Crippen LogP contribution in [0, 0.1) is 5.92 Å². The van der Waals surface area contributed by atoms with Gasteiger partial charge >= 0.3 is 0 Å². The van der Waals surface area contributed by atoms with Crippen molar-refractivity contribution in [3.05, 3.63) is 24.3 Å². The predicted molar refractivity (Wildman–Crippen MR) is 83.5 cm³/mol. The van der Waals surface area contributed by atoms with Crippen LogP contribution >= 0.6 is 0 Å². The first-order chi connectivity index (χ1) is 9.54. The Morgan fingerprint density at radius 1 is 1.45 bits per heavy atom. The number of benzene rings is 1. The van der Waals surface area contributed by atoms with Crippen molar-refractivity contribution in [1.29, 1.82) is 0 Å². The normalized spacial score (nSPS) is 14.8. The van der Waals surface area contributed by atoms with Gasteiger partial charge in [-0.25, -0.2) is 0 Å². The first kappa shape index (κ1) is 14.9. The Morgan fingerprint density at radius 2 is 2.20 bits per heavy atom. The molecule has 0 unspecified atom stereocenters. The van der Waals surface area contributed by atoms with E-state index in [9.17, 15) is 4.79 Å². The van der Waals surface area contributed by atoms with Crippen LogP contribution in [0.15, 0.2) is 24.3 Å². The maximum atomic E-state index is 12.0. The number of nitrogen functional groups attached to an aromatic ring is 1. The lowest BCUT2D eigenvalue weighted by Gasteiger charge is -2.23. The molecule has 110 valence electrons. The molecule has 0 saturated heterocycles. The molecule has 1 aromatic rings. The number of nitrogens with one attached hydrogen (secondary N) is 1. The fraction of sp³-hybridized carbons (Fsp3) is 0.562. The Balaban J connectivity index is 1.79. The Kier molecular flexibility index (Phi) is 5.01. The molecule has 0 aromatic heterocycles. The minimum absolute atomic E-state index is 0.0602. The van der Waals surface area contributed by atoms with Crippen molar-refractivity contribution in [2.24, 2.45) is 5.92 Å². The highest BCUT2D eigenvalue weighted by Crippen LogP contribution is 2.27. The van der Waals surface area contributed by atoms with E-state index in [1.807, 2.05) is 18.2 Å². The predicted octanol–water partition coefficient (Wildman–Crippen LogP) is 2.72. The van der Waals surface area contributed by atoms with Crippen LogP contribution in [-0.4, -0.2) is 29.9 Å². The summed E-state index contributed by atoms with van der Waals surface area (Å²) in [6, 6.07) is 8.01. The van der Waals surface area contributed by atoms with Gasteiger partial charge in [0.2, 0.25) is 5.91 Å². The number of nitrogens with two attached hydrogens (primary N) is 1. The molecule has 20 heavy (non-hydrogen) atoms. The number of anilines is 2. The Hall–Kier alpha value is -1.55. The van der Waals surface area contributed by atoms with E-state index in [2.05, 4.69) is 24.1 Å². The summed E-state index contributed by atoms with van der Waals surface area (Å²) in [5, 5.41) is 2.91. The molecule has 1 saturated carbocycles. The molecule has 3 N–H and O–H groups in total. The minimum atomic E-state index is 0.0602. The number of rotatable bonds is 7. The Labute approximate surface area is 121 Å². The second-order valence-electron chi connectivity index (χ2n) is 6.04. The van der Waals surface area contributed by atoms with E-state index in [1.165, 1.54) is 12.8 Å². The molecule has 0 heterocycles. The Bertz CT molecular complexity index is 455. The van der Waals surface area contributed by atoms with Crippen molar-refractivity contribution in [2.45, 2.75) is 39.2 Å². The average Bonchev–Trinajstić information content (AvgIpc) is 3.18. The zero-order valence-electron chi connectivity index (χ0n) is 12.4. The summed E-state index contributed by atoms with van der Waals surface area (Å²) in [6.07, 6.45) is 3.10. The van der Waals surface area contributed by atoms with E-state index in [-0.39, 0.29) is 5.91 Å². The summed E-state index contributed by atoms with van der Waals surface area (Å²) in [4.78, 5) is 14.4. The number of carbonyl (C=O) groups excluding carboxylic acids is 1. The van der Waals surface area contributed by atoms with Crippen LogP contribution < -0.4 is 11.1 Å². The van der Waals surface area contributed by atoms with E-state index < -0.39 is 0 Å². The lowest BCUT2D eigenvalue weighted by Crippen LogP contribution is -2.33. The quantitative estimate of drug-likeness (QED) is 0.752. The zero-order valence-corrected chi connectivity index (χ0v) is 12.4. The van der Waals surface area contributed by atoms with Gasteiger partial charge in [-0.3, -0.25) is 9.69 Å². The van der Waals surface area contributed by atoms with Crippen LogP contribution in [0.3, 0.4) is 0 Å². The van der Waals surface area contributed by atoms with Crippen LogP contribution in [0.5, 0.6) is 0 Å². The van der Waals surface area contributed by atoms with E-state index in [0.717, 1.165) is 18.8 Å². The van der Waals surface area contributed by atoms with Crippen LogP contribution in [0.1, 0.15) is 33.1 Å². The number of nitrogens with zero attached hydrogens (tertiary/aromatic N) is 1. The van der Waals surface area contributed by atoms with Crippen LogP contribution in [0.25, 0.3) is 0 Å². The first-order valence-corrected chi connectivity index (χ1v) is 7.44.